The molecule has 0 bridgehead atoms. The van der Waals surface area contributed by atoms with E-state index in [1.54, 1.807) is 16.7 Å². The van der Waals surface area contributed by atoms with Gasteiger partial charge in [-0.3, -0.25) is 14.5 Å². The Hall–Kier alpha value is -0.920. The van der Waals surface area contributed by atoms with Gasteiger partial charge in [0.05, 0.1) is 0 Å². The first-order chi connectivity index (χ1) is 12.4. The van der Waals surface area contributed by atoms with Gasteiger partial charge in [-0.2, -0.15) is 0 Å². The lowest BCUT2D eigenvalue weighted by molar-refractivity contribution is -0.132. The average molecular weight is 455 g/mol. The Morgan fingerprint density at radius 2 is 2.04 bits per heavy atom. The van der Waals surface area contributed by atoms with Crippen LogP contribution in [0.15, 0.2) is 28.7 Å². The van der Waals surface area contributed by atoms with Crippen molar-refractivity contribution >= 4 is 56.0 Å². The number of carbonyl (C=O) groups is 2. The summed E-state index contributed by atoms with van der Waals surface area (Å²) in [5.41, 5.74) is 1.08. The molecule has 2 saturated heterocycles. The maximum atomic E-state index is 13.0. The summed E-state index contributed by atoms with van der Waals surface area (Å²) in [6.45, 7) is 4.80. The number of thioether (sulfide) groups is 1. The minimum Gasteiger partial charge on any atom is -0.335 e. The number of thiocarbonyl (C=S) groups is 1. The Labute approximate surface area is 172 Å². The molecule has 0 N–H and O–H groups in total. The maximum Gasteiger partial charge on any atom is 0.230 e. The SMILES string of the molecule is CC(C)[C@H]1CSC(=S)N1C(=O)C[C@@H]1CCC(=O)N1Cc1ccc(Br)cc1. The lowest BCUT2D eigenvalue weighted by atomic mass is 10.0. The average Bonchev–Trinajstić information content (AvgIpc) is 3.14. The van der Waals surface area contributed by atoms with E-state index in [9.17, 15) is 9.59 Å². The predicted molar refractivity (Wildman–Crippen MR) is 113 cm³/mol. The standard InChI is InChI=1S/C19H23BrN2O2S2/c1-12(2)16-11-26-19(25)22(16)18(24)9-15-7-8-17(23)21(15)10-13-3-5-14(20)6-4-13/h3-6,12,15-16H,7-11H2,1-2H3/t15-,16+/m0/s1. The minimum atomic E-state index is -0.0418. The van der Waals surface area contributed by atoms with Crippen molar-refractivity contribution in [2.75, 3.05) is 5.75 Å². The molecule has 3 rings (SSSR count). The van der Waals surface area contributed by atoms with E-state index < -0.39 is 0 Å². The summed E-state index contributed by atoms with van der Waals surface area (Å²) in [6, 6.07) is 8.09. The van der Waals surface area contributed by atoms with Crippen LogP contribution >= 0.6 is 39.9 Å². The second-order valence-electron chi connectivity index (χ2n) is 7.20. The number of likely N-dealkylation sites (tertiary alicyclic amines) is 1. The number of nitrogens with zero attached hydrogens (tertiary/aromatic N) is 2. The Morgan fingerprint density at radius 3 is 2.69 bits per heavy atom. The zero-order chi connectivity index (χ0) is 18.8. The van der Waals surface area contributed by atoms with Gasteiger partial charge in [-0.1, -0.05) is 65.9 Å². The number of carbonyl (C=O) groups excluding carboxylic acids is 2. The fraction of sp³-hybridized carbons (Fsp3) is 0.526. The van der Waals surface area contributed by atoms with E-state index in [1.165, 1.54) is 0 Å². The van der Waals surface area contributed by atoms with E-state index in [0.29, 0.717) is 29.6 Å². The lowest BCUT2D eigenvalue weighted by Gasteiger charge is -2.30. The van der Waals surface area contributed by atoms with Crippen molar-refractivity contribution in [1.29, 1.82) is 0 Å². The molecule has 1 aromatic carbocycles. The van der Waals surface area contributed by atoms with Crippen LogP contribution in [0.25, 0.3) is 0 Å². The molecule has 26 heavy (non-hydrogen) atoms. The number of halogens is 1. The van der Waals surface area contributed by atoms with Gasteiger partial charge in [0.1, 0.15) is 4.32 Å². The highest BCUT2D eigenvalue weighted by molar-refractivity contribution is 9.10. The van der Waals surface area contributed by atoms with Crippen LogP contribution < -0.4 is 0 Å². The van der Waals surface area contributed by atoms with Crippen molar-refractivity contribution in [2.24, 2.45) is 5.92 Å². The Balaban J connectivity index is 1.69. The summed E-state index contributed by atoms with van der Waals surface area (Å²) in [6.07, 6.45) is 1.61. The van der Waals surface area contributed by atoms with E-state index in [2.05, 4.69) is 29.8 Å². The van der Waals surface area contributed by atoms with Crippen molar-refractivity contribution in [2.45, 2.75) is 51.7 Å². The van der Waals surface area contributed by atoms with Crippen molar-refractivity contribution < 1.29 is 9.59 Å². The minimum absolute atomic E-state index is 0.0418. The number of amides is 2. The number of benzene rings is 1. The van der Waals surface area contributed by atoms with Gasteiger partial charge in [0.2, 0.25) is 11.8 Å². The van der Waals surface area contributed by atoms with Gasteiger partial charge in [0.15, 0.2) is 0 Å². The first-order valence-corrected chi connectivity index (χ1v) is 11.1. The summed E-state index contributed by atoms with van der Waals surface area (Å²) in [5.74, 6) is 1.42. The molecule has 0 spiro atoms. The van der Waals surface area contributed by atoms with Gasteiger partial charge in [0.25, 0.3) is 0 Å². The maximum absolute atomic E-state index is 13.0. The highest BCUT2D eigenvalue weighted by Gasteiger charge is 2.39. The topological polar surface area (TPSA) is 40.6 Å². The molecule has 2 fully saturated rings. The monoisotopic (exact) mass is 454 g/mol. The number of hydrogen-bond donors (Lipinski definition) is 0. The quantitative estimate of drug-likeness (QED) is 0.624. The molecule has 4 nitrogen and oxygen atoms in total. The van der Waals surface area contributed by atoms with Crippen LogP contribution in [0, 0.1) is 5.92 Å². The molecule has 140 valence electrons. The van der Waals surface area contributed by atoms with Crippen molar-refractivity contribution in [3.05, 3.63) is 34.3 Å². The highest BCUT2D eigenvalue weighted by atomic mass is 79.9. The molecule has 2 aliphatic heterocycles. The molecule has 2 atom stereocenters. The Kier molecular flexibility index (Phi) is 6.41. The molecule has 2 amide bonds. The summed E-state index contributed by atoms with van der Waals surface area (Å²) in [5, 5.41) is 0. The lowest BCUT2D eigenvalue weighted by Crippen LogP contribution is -2.44. The molecule has 2 heterocycles. The Bertz CT molecular complexity index is 708. The Morgan fingerprint density at radius 1 is 1.35 bits per heavy atom. The molecular weight excluding hydrogens is 432 g/mol. The van der Waals surface area contributed by atoms with E-state index in [0.717, 1.165) is 22.2 Å². The zero-order valence-electron chi connectivity index (χ0n) is 15.0. The third kappa shape index (κ3) is 4.31. The molecule has 0 unspecified atom stereocenters. The van der Waals surface area contributed by atoms with Gasteiger partial charge < -0.3 is 4.90 Å². The normalized spacial score (nSPS) is 23.4. The molecule has 0 saturated carbocycles. The number of hydrogen-bond acceptors (Lipinski definition) is 4. The van der Waals surface area contributed by atoms with Gasteiger partial charge in [-0.05, 0) is 30.0 Å². The fourth-order valence-electron chi connectivity index (χ4n) is 3.52. The van der Waals surface area contributed by atoms with Crippen LogP contribution in [0.4, 0.5) is 0 Å². The van der Waals surface area contributed by atoms with E-state index >= 15 is 0 Å². The fourth-order valence-corrected chi connectivity index (χ4v) is 5.45. The molecule has 2 aliphatic rings. The van der Waals surface area contributed by atoms with Gasteiger partial charge in [-0.15, -0.1) is 0 Å². The van der Waals surface area contributed by atoms with Gasteiger partial charge >= 0.3 is 0 Å². The van der Waals surface area contributed by atoms with Crippen LogP contribution in [0.2, 0.25) is 0 Å². The van der Waals surface area contributed by atoms with Gasteiger partial charge in [-0.25, -0.2) is 0 Å². The first-order valence-electron chi connectivity index (χ1n) is 8.89. The van der Waals surface area contributed by atoms with Gasteiger partial charge in [0, 0.05) is 41.7 Å². The third-order valence-corrected chi connectivity index (χ3v) is 7.10. The molecule has 0 radical (unpaired) electrons. The third-order valence-electron chi connectivity index (χ3n) is 5.07. The smallest absolute Gasteiger partial charge is 0.230 e. The second-order valence-corrected chi connectivity index (χ2v) is 9.77. The van der Waals surface area contributed by atoms with E-state index in [-0.39, 0.29) is 23.9 Å². The first kappa shape index (κ1) is 19.8. The van der Waals surface area contributed by atoms with Crippen LogP contribution in [-0.4, -0.2) is 43.8 Å². The molecule has 1 aromatic rings. The molecule has 0 aliphatic carbocycles. The summed E-state index contributed by atoms with van der Waals surface area (Å²) in [4.78, 5) is 29.0. The van der Waals surface area contributed by atoms with Crippen molar-refractivity contribution in [1.82, 2.24) is 9.80 Å². The molecule has 0 aromatic heterocycles. The van der Waals surface area contributed by atoms with Crippen LogP contribution in [-0.2, 0) is 16.1 Å². The van der Waals surface area contributed by atoms with Crippen LogP contribution in [0.5, 0.6) is 0 Å². The van der Waals surface area contributed by atoms with E-state index in [1.807, 2.05) is 29.2 Å². The van der Waals surface area contributed by atoms with Crippen LogP contribution in [0.3, 0.4) is 0 Å². The van der Waals surface area contributed by atoms with Crippen molar-refractivity contribution in [3.63, 3.8) is 0 Å². The highest BCUT2D eigenvalue weighted by Crippen LogP contribution is 2.31. The molecule has 7 heteroatoms. The van der Waals surface area contributed by atoms with E-state index in [4.69, 9.17) is 12.2 Å². The zero-order valence-corrected chi connectivity index (χ0v) is 18.2. The summed E-state index contributed by atoms with van der Waals surface area (Å²) in [7, 11) is 0. The van der Waals surface area contributed by atoms with Crippen molar-refractivity contribution in [3.8, 4) is 0 Å². The predicted octanol–water partition coefficient (Wildman–Crippen LogP) is 4.22. The summed E-state index contributed by atoms with van der Waals surface area (Å²) >= 11 is 10.4. The number of rotatable bonds is 5. The molecular formula is C19H23BrN2O2S2. The second kappa shape index (κ2) is 8.40. The van der Waals surface area contributed by atoms with Crippen LogP contribution in [0.1, 0.15) is 38.7 Å². The largest absolute Gasteiger partial charge is 0.335 e. The summed E-state index contributed by atoms with van der Waals surface area (Å²) < 4.78 is 1.69.